The lowest BCUT2D eigenvalue weighted by Gasteiger charge is -2.28. The summed E-state index contributed by atoms with van der Waals surface area (Å²) >= 11 is 11.8. The van der Waals surface area contributed by atoms with Crippen molar-refractivity contribution in [1.82, 2.24) is 4.90 Å². The molecule has 2 atom stereocenters. The maximum absolute atomic E-state index is 12.9. The van der Waals surface area contributed by atoms with Crippen LogP contribution >= 0.6 is 23.2 Å². The summed E-state index contributed by atoms with van der Waals surface area (Å²) in [6.45, 7) is 4.79. The molecule has 0 saturated carbocycles. The summed E-state index contributed by atoms with van der Waals surface area (Å²) in [5, 5.41) is 8.64. The highest BCUT2D eigenvalue weighted by molar-refractivity contribution is 7.92. The molecular weight excluding hydrogens is 389 g/mol. The fourth-order valence-corrected chi connectivity index (χ4v) is 5.27. The normalized spacial score (nSPS) is 21.4. The third-order valence-corrected chi connectivity index (χ3v) is 6.94. The summed E-state index contributed by atoms with van der Waals surface area (Å²) in [6.07, 6.45) is -0.182. The molecule has 0 aliphatic carbocycles. The molecule has 1 heterocycles. The van der Waals surface area contributed by atoms with Crippen LogP contribution in [-0.2, 0) is 19.4 Å². The molecule has 1 aromatic rings. The van der Waals surface area contributed by atoms with Crippen LogP contribution in [0.2, 0.25) is 10.0 Å². The van der Waals surface area contributed by atoms with Gasteiger partial charge in [-0.25, -0.2) is 13.2 Å². The van der Waals surface area contributed by atoms with Crippen molar-refractivity contribution in [3.8, 4) is 0 Å². The lowest BCUT2D eigenvalue weighted by atomic mass is 9.94. The number of sulfone groups is 1. The van der Waals surface area contributed by atoms with Gasteiger partial charge < -0.3 is 10.0 Å². The zero-order chi connectivity index (χ0) is 19.2. The van der Waals surface area contributed by atoms with Gasteiger partial charge in [0.15, 0.2) is 9.84 Å². The maximum Gasteiger partial charge on any atom is 0.326 e. The zero-order valence-electron chi connectivity index (χ0n) is 14.0. The minimum absolute atomic E-state index is 0.0278. The average molecular weight is 408 g/mol. The molecule has 0 unspecified atom stereocenters. The van der Waals surface area contributed by atoms with E-state index in [1.165, 1.54) is 18.2 Å². The van der Waals surface area contributed by atoms with Gasteiger partial charge in [0, 0.05) is 17.0 Å². The molecule has 1 saturated heterocycles. The summed E-state index contributed by atoms with van der Waals surface area (Å²) in [5.74, 6) is -1.63. The van der Waals surface area contributed by atoms with Crippen molar-refractivity contribution in [2.24, 2.45) is 5.41 Å². The Morgan fingerprint density at radius 3 is 2.32 bits per heavy atom. The van der Waals surface area contributed by atoms with Crippen molar-refractivity contribution in [2.75, 3.05) is 6.54 Å². The van der Waals surface area contributed by atoms with E-state index in [1.54, 1.807) is 20.8 Å². The molecule has 25 heavy (non-hydrogen) atoms. The van der Waals surface area contributed by atoms with Gasteiger partial charge in [-0.05, 0) is 24.6 Å². The van der Waals surface area contributed by atoms with Crippen LogP contribution in [0.1, 0.15) is 27.2 Å². The van der Waals surface area contributed by atoms with Gasteiger partial charge in [0.1, 0.15) is 6.04 Å². The van der Waals surface area contributed by atoms with Crippen LogP contribution in [0.15, 0.2) is 23.1 Å². The number of benzene rings is 1. The van der Waals surface area contributed by atoms with E-state index in [-0.39, 0.29) is 22.9 Å². The van der Waals surface area contributed by atoms with Crippen molar-refractivity contribution in [1.29, 1.82) is 0 Å². The molecule has 0 bridgehead atoms. The van der Waals surface area contributed by atoms with Crippen molar-refractivity contribution < 1.29 is 23.1 Å². The number of nitrogens with zero attached hydrogens (tertiary/aromatic N) is 1. The Balaban J connectivity index is 2.40. The summed E-state index contributed by atoms with van der Waals surface area (Å²) in [6, 6.07) is 2.83. The largest absolute Gasteiger partial charge is 0.480 e. The van der Waals surface area contributed by atoms with Crippen LogP contribution in [0.4, 0.5) is 0 Å². The zero-order valence-corrected chi connectivity index (χ0v) is 16.3. The van der Waals surface area contributed by atoms with E-state index in [0.29, 0.717) is 5.02 Å². The second-order valence-corrected chi connectivity index (χ2v) is 10.1. The van der Waals surface area contributed by atoms with Gasteiger partial charge in [-0.15, -0.1) is 0 Å². The predicted molar refractivity (Wildman–Crippen MR) is 94.6 cm³/mol. The second kappa shape index (κ2) is 6.78. The fourth-order valence-electron chi connectivity index (χ4n) is 2.80. The van der Waals surface area contributed by atoms with E-state index in [2.05, 4.69) is 0 Å². The van der Waals surface area contributed by atoms with Crippen LogP contribution in [0, 0.1) is 5.41 Å². The molecule has 1 N–H and O–H groups in total. The molecule has 0 aromatic heterocycles. The third kappa shape index (κ3) is 3.93. The first-order valence-electron chi connectivity index (χ1n) is 7.58. The molecule has 1 aliphatic rings. The van der Waals surface area contributed by atoms with Gasteiger partial charge in [0.2, 0.25) is 5.91 Å². The van der Waals surface area contributed by atoms with Crippen LogP contribution in [0.5, 0.6) is 0 Å². The number of amides is 1. The molecule has 2 rings (SSSR count). The highest BCUT2D eigenvalue weighted by Crippen LogP contribution is 2.34. The number of carboxylic acid groups (broad SMARTS) is 1. The second-order valence-electron chi connectivity index (χ2n) is 7.04. The van der Waals surface area contributed by atoms with E-state index in [9.17, 15) is 23.1 Å². The monoisotopic (exact) mass is 407 g/mol. The number of halogens is 2. The Bertz CT molecular complexity index is 816. The Hall–Kier alpha value is -1.31. The number of carbonyl (C=O) groups excluding carboxylic acids is 1. The molecular formula is C16H19Cl2NO5S. The van der Waals surface area contributed by atoms with Crippen LogP contribution in [0.25, 0.3) is 0 Å². The SMILES string of the molecule is CC(C)(C)C(=O)N1C[C@H](S(=O)(=O)c2ccc(Cl)cc2Cl)C[C@H]1C(=O)O. The summed E-state index contributed by atoms with van der Waals surface area (Å²) in [5.41, 5.74) is -0.815. The fraction of sp³-hybridized carbons (Fsp3) is 0.500. The maximum atomic E-state index is 12.9. The van der Waals surface area contributed by atoms with Gasteiger partial charge in [0.25, 0.3) is 0 Å². The van der Waals surface area contributed by atoms with Crippen molar-refractivity contribution in [3.05, 3.63) is 28.2 Å². The van der Waals surface area contributed by atoms with Gasteiger partial charge in [-0.2, -0.15) is 0 Å². The topological polar surface area (TPSA) is 91.8 Å². The molecule has 1 aromatic carbocycles. The van der Waals surface area contributed by atoms with E-state index >= 15 is 0 Å². The van der Waals surface area contributed by atoms with Gasteiger partial charge in [-0.3, -0.25) is 4.79 Å². The lowest BCUT2D eigenvalue weighted by molar-refractivity contribution is -0.151. The molecule has 0 radical (unpaired) electrons. The standard InChI is InChI=1S/C16H19Cl2NO5S/c1-16(2,3)15(22)19-8-10(7-12(19)14(20)21)25(23,24)13-5-4-9(17)6-11(13)18/h4-6,10,12H,7-8H2,1-3H3,(H,20,21)/t10-,12+/m1/s1. The van der Waals surface area contributed by atoms with Gasteiger partial charge in [0.05, 0.1) is 15.2 Å². The van der Waals surface area contributed by atoms with Crippen LogP contribution in [0.3, 0.4) is 0 Å². The smallest absolute Gasteiger partial charge is 0.326 e. The van der Waals surface area contributed by atoms with Crippen molar-refractivity contribution in [2.45, 2.75) is 43.4 Å². The number of carbonyl (C=O) groups is 2. The van der Waals surface area contributed by atoms with Gasteiger partial charge >= 0.3 is 5.97 Å². The first-order valence-corrected chi connectivity index (χ1v) is 9.88. The van der Waals surface area contributed by atoms with Crippen molar-refractivity contribution >= 4 is 44.9 Å². The molecule has 1 amide bonds. The van der Waals surface area contributed by atoms with Crippen molar-refractivity contribution in [3.63, 3.8) is 0 Å². The third-order valence-electron chi connectivity index (χ3n) is 4.09. The number of aliphatic carboxylic acids is 1. The number of rotatable bonds is 3. The summed E-state index contributed by atoms with van der Waals surface area (Å²) in [4.78, 5) is 25.1. The van der Waals surface area contributed by atoms with E-state index in [4.69, 9.17) is 23.2 Å². The number of hydrogen-bond acceptors (Lipinski definition) is 4. The van der Waals surface area contributed by atoms with E-state index in [1.807, 2.05) is 0 Å². The van der Waals surface area contributed by atoms with Gasteiger partial charge in [-0.1, -0.05) is 44.0 Å². The van der Waals surface area contributed by atoms with E-state index < -0.39 is 38.4 Å². The first-order chi connectivity index (χ1) is 11.4. The molecule has 138 valence electrons. The Morgan fingerprint density at radius 2 is 1.84 bits per heavy atom. The Kier molecular flexibility index (Phi) is 5.42. The van der Waals surface area contributed by atoms with Crippen LogP contribution in [-0.4, -0.2) is 48.1 Å². The Morgan fingerprint density at radius 1 is 1.24 bits per heavy atom. The quantitative estimate of drug-likeness (QED) is 0.831. The molecule has 1 aliphatic heterocycles. The minimum Gasteiger partial charge on any atom is -0.480 e. The highest BCUT2D eigenvalue weighted by atomic mass is 35.5. The molecule has 6 nitrogen and oxygen atoms in total. The Labute approximate surface area is 156 Å². The summed E-state index contributed by atoms with van der Waals surface area (Å²) in [7, 11) is -3.91. The predicted octanol–water partition coefficient (Wildman–Crippen LogP) is 2.87. The number of likely N-dealkylation sites (tertiary alicyclic amines) is 1. The van der Waals surface area contributed by atoms with Crippen LogP contribution < -0.4 is 0 Å². The minimum atomic E-state index is -3.91. The molecule has 9 heteroatoms. The average Bonchev–Trinajstić information content (AvgIpc) is 2.90. The lowest BCUT2D eigenvalue weighted by Crippen LogP contribution is -2.46. The number of carboxylic acids is 1. The number of hydrogen-bond donors (Lipinski definition) is 1. The summed E-state index contributed by atoms with van der Waals surface area (Å²) < 4.78 is 25.8. The molecule has 0 spiro atoms. The van der Waals surface area contributed by atoms with E-state index in [0.717, 1.165) is 4.90 Å². The molecule has 1 fully saturated rings. The highest BCUT2D eigenvalue weighted by Gasteiger charge is 2.47. The first kappa shape index (κ1) is 20.0.